The number of rotatable bonds is 5. The summed E-state index contributed by atoms with van der Waals surface area (Å²) in [4.78, 5) is 18.6. The minimum atomic E-state index is 0.108. The fraction of sp³-hybridized carbons (Fsp3) is 0.500. The Morgan fingerprint density at radius 2 is 2.20 bits per heavy atom. The van der Waals surface area contributed by atoms with Crippen LogP contribution in [0.3, 0.4) is 0 Å². The number of benzene rings is 1. The topological polar surface area (TPSA) is 71.2 Å². The van der Waals surface area contributed by atoms with Crippen LogP contribution in [-0.4, -0.2) is 42.5 Å². The Kier molecular flexibility index (Phi) is 5.66. The zero-order valence-electron chi connectivity index (χ0n) is 15.2. The minimum Gasteiger partial charge on any atom is -0.359 e. The Hall–Kier alpha value is -1.98. The van der Waals surface area contributed by atoms with Crippen LogP contribution in [0, 0.1) is 5.92 Å². The van der Waals surface area contributed by atoms with E-state index in [1.165, 1.54) is 17.4 Å². The average Bonchev–Trinajstić information content (AvgIpc) is 2.64. The van der Waals surface area contributed by atoms with Gasteiger partial charge in [0.15, 0.2) is 0 Å². The Morgan fingerprint density at radius 1 is 1.36 bits per heavy atom. The lowest BCUT2D eigenvalue weighted by molar-refractivity contribution is -0.121. The molecule has 2 aromatic rings. The molecule has 0 bridgehead atoms. The summed E-state index contributed by atoms with van der Waals surface area (Å²) in [5.41, 5.74) is 9.36. The van der Waals surface area contributed by atoms with Gasteiger partial charge in [-0.1, -0.05) is 25.1 Å². The first-order valence-corrected chi connectivity index (χ1v) is 9.12. The summed E-state index contributed by atoms with van der Waals surface area (Å²) in [6, 6.07) is 8.51. The van der Waals surface area contributed by atoms with Gasteiger partial charge in [-0.2, -0.15) is 0 Å². The van der Waals surface area contributed by atoms with Crippen LogP contribution in [0.1, 0.15) is 36.8 Å². The molecule has 1 amide bonds. The number of nitrogens with one attached hydrogen (secondary N) is 1. The predicted octanol–water partition coefficient (Wildman–Crippen LogP) is 2.25. The van der Waals surface area contributed by atoms with E-state index in [1.54, 1.807) is 7.05 Å². The van der Waals surface area contributed by atoms with Gasteiger partial charge in [0, 0.05) is 51.2 Å². The van der Waals surface area contributed by atoms with Crippen LogP contribution in [0.5, 0.6) is 0 Å². The maximum Gasteiger partial charge on any atom is 0.221 e. The number of nitrogens with zero attached hydrogens (tertiary/aromatic N) is 2. The number of aromatic nitrogens is 1. The van der Waals surface area contributed by atoms with E-state index in [0.717, 1.165) is 30.7 Å². The standard InChI is InChI=1S/C20H28N4O/c1-14-10-16(13-24(12-14)9-7-19(25)22-2)17-6-5-15(11-21)20-18(17)4-3-8-23-20/h3-6,8,14,16H,7,9-13,21H2,1-2H3,(H,22,25). The number of fused-ring (bicyclic) bond motifs is 1. The van der Waals surface area contributed by atoms with Crippen molar-refractivity contribution in [3.63, 3.8) is 0 Å². The molecule has 1 aliphatic heterocycles. The van der Waals surface area contributed by atoms with Crippen LogP contribution in [0.25, 0.3) is 10.9 Å². The number of nitrogens with two attached hydrogens (primary N) is 1. The highest BCUT2D eigenvalue weighted by molar-refractivity contribution is 5.85. The Morgan fingerprint density at radius 3 is 2.96 bits per heavy atom. The zero-order chi connectivity index (χ0) is 17.8. The van der Waals surface area contributed by atoms with Crippen molar-refractivity contribution in [3.05, 3.63) is 41.6 Å². The number of carbonyl (C=O) groups excluding carboxylic acids is 1. The molecule has 2 atom stereocenters. The van der Waals surface area contributed by atoms with Gasteiger partial charge in [-0.15, -0.1) is 0 Å². The maximum atomic E-state index is 11.6. The molecule has 5 nitrogen and oxygen atoms in total. The normalized spacial score (nSPS) is 21.4. The number of likely N-dealkylation sites (tertiary alicyclic amines) is 1. The molecule has 1 fully saturated rings. The summed E-state index contributed by atoms with van der Waals surface area (Å²) >= 11 is 0. The van der Waals surface area contributed by atoms with E-state index >= 15 is 0 Å². The van der Waals surface area contributed by atoms with Crippen molar-refractivity contribution in [2.45, 2.75) is 32.2 Å². The molecule has 0 aliphatic carbocycles. The summed E-state index contributed by atoms with van der Waals surface area (Å²) in [7, 11) is 1.70. The predicted molar refractivity (Wildman–Crippen MR) is 101 cm³/mol. The third kappa shape index (κ3) is 3.99. The summed E-state index contributed by atoms with van der Waals surface area (Å²) in [5, 5.41) is 3.93. The smallest absolute Gasteiger partial charge is 0.221 e. The molecule has 1 aromatic carbocycles. The van der Waals surface area contributed by atoms with Crippen LogP contribution < -0.4 is 11.1 Å². The van der Waals surface area contributed by atoms with Crippen molar-refractivity contribution >= 4 is 16.8 Å². The van der Waals surface area contributed by atoms with E-state index in [2.05, 4.69) is 40.3 Å². The van der Waals surface area contributed by atoms with Gasteiger partial charge in [0.2, 0.25) is 5.91 Å². The Labute approximate surface area is 149 Å². The molecular weight excluding hydrogens is 312 g/mol. The van der Waals surface area contributed by atoms with Crippen LogP contribution >= 0.6 is 0 Å². The van der Waals surface area contributed by atoms with E-state index in [9.17, 15) is 4.79 Å². The van der Waals surface area contributed by atoms with E-state index in [0.29, 0.717) is 24.8 Å². The number of hydrogen-bond donors (Lipinski definition) is 2. The van der Waals surface area contributed by atoms with Gasteiger partial charge < -0.3 is 16.0 Å². The van der Waals surface area contributed by atoms with Crippen LogP contribution in [0.4, 0.5) is 0 Å². The van der Waals surface area contributed by atoms with Gasteiger partial charge >= 0.3 is 0 Å². The highest BCUT2D eigenvalue weighted by atomic mass is 16.1. The minimum absolute atomic E-state index is 0.108. The van der Waals surface area contributed by atoms with Gasteiger partial charge in [0.1, 0.15) is 0 Å². The quantitative estimate of drug-likeness (QED) is 0.876. The van der Waals surface area contributed by atoms with E-state index in [4.69, 9.17) is 5.73 Å². The van der Waals surface area contributed by atoms with Crippen LogP contribution in [0.2, 0.25) is 0 Å². The molecule has 1 aromatic heterocycles. The molecule has 1 aliphatic rings. The SMILES string of the molecule is CNC(=O)CCN1CC(C)CC(c2ccc(CN)c3ncccc23)C1. The summed E-state index contributed by atoms with van der Waals surface area (Å²) in [6.07, 6.45) is 3.57. The van der Waals surface area contributed by atoms with Crippen LogP contribution in [-0.2, 0) is 11.3 Å². The van der Waals surface area contributed by atoms with Crippen molar-refractivity contribution in [1.82, 2.24) is 15.2 Å². The van der Waals surface area contributed by atoms with Crippen molar-refractivity contribution in [2.24, 2.45) is 11.7 Å². The van der Waals surface area contributed by atoms with Gasteiger partial charge in [0.05, 0.1) is 5.52 Å². The second kappa shape index (κ2) is 7.93. The second-order valence-corrected chi connectivity index (χ2v) is 7.14. The number of pyridine rings is 1. The molecule has 25 heavy (non-hydrogen) atoms. The molecule has 2 unspecified atom stereocenters. The third-order valence-electron chi connectivity index (χ3n) is 5.22. The summed E-state index contributed by atoms with van der Waals surface area (Å²) in [5.74, 6) is 1.19. The molecule has 134 valence electrons. The lowest BCUT2D eigenvalue weighted by atomic mass is 9.83. The van der Waals surface area contributed by atoms with Crippen LogP contribution in [0.15, 0.2) is 30.5 Å². The number of hydrogen-bond acceptors (Lipinski definition) is 4. The van der Waals surface area contributed by atoms with Gasteiger partial charge in [0.25, 0.3) is 0 Å². The van der Waals surface area contributed by atoms with E-state index in [1.807, 2.05) is 12.3 Å². The van der Waals surface area contributed by atoms with Crippen molar-refractivity contribution < 1.29 is 4.79 Å². The van der Waals surface area contributed by atoms with Crippen molar-refractivity contribution in [2.75, 3.05) is 26.7 Å². The summed E-state index contributed by atoms with van der Waals surface area (Å²) in [6.45, 7) is 5.68. The van der Waals surface area contributed by atoms with Crippen molar-refractivity contribution in [1.29, 1.82) is 0 Å². The molecule has 3 rings (SSSR count). The van der Waals surface area contributed by atoms with Gasteiger partial charge in [-0.05, 0) is 35.4 Å². The van der Waals surface area contributed by atoms with Crippen molar-refractivity contribution in [3.8, 4) is 0 Å². The molecule has 3 N–H and O–H groups in total. The van der Waals surface area contributed by atoms with Gasteiger partial charge in [-0.3, -0.25) is 9.78 Å². The fourth-order valence-electron chi connectivity index (χ4n) is 4.03. The van der Waals surface area contributed by atoms with E-state index < -0.39 is 0 Å². The number of amides is 1. The fourth-order valence-corrected chi connectivity index (χ4v) is 4.03. The molecular formula is C20H28N4O. The number of carbonyl (C=O) groups is 1. The van der Waals surface area contributed by atoms with Gasteiger partial charge in [-0.25, -0.2) is 0 Å². The lowest BCUT2D eigenvalue weighted by Crippen LogP contribution is -2.40. The number of piperidine rings is 1. The highest BCUT2D eigenvalue weighted by Gasteiger charge is 2.27. The second-order valence-electron chi connectivity index (χ2n) is 7.14. The first kappa shape index (κ1) is 17.8. The molecule has 1 saturated heterocycles. The zero-order valence-corrected chi connectivity index (χ0v) is 15.2. The molecule has 5 heteroatoms. The largest absolute Gasteiger partial charge is 0.359 e. The lowest BCUT2D eigenvalue weighted by Gasteiger charge is -2.37. The Bertz CT molecular complexity index is 746. The molecule has 0 radical (unpaired) electrons. The highest BCUT2D eigenvalue weighted by Crippen LogP contribution is 2.34. The first-order chi connectivity index (χ1) is 12.1. The maximum absolute atomic E-state index is 11.6. The molecule has 2 heterocycles. The third-order valence-corrected chi connectivity index (χ3v) is 5.22. The van der Waals surface area contributed by atoms with E-state index in [-0.39, 0.29) is 5.91 Å². The first-order valence-electron chi connectivity index (χ1n) is 9.12. The average molecular weight is 340 g/mol. The Balaban J connectivity index is 1.85. The molecule has 0 saturated carbocycles. The summed E-state index contributed by atoms with van der Waals surface area (Å²) < 4.78 is 0. The molecule has 0 spiro atoms. The monoisotopic (exact) mass is 340 g/mol.